The molecule has 1 fully saturated rings. The normalized spacial score (nSPS) is 18.4. The standard InChI is InChI=1S/C25H30N4O2S/c1-25(2)17-22(30)26-23-19(25)8-5-9-20(23)31-16-6-11-28-12-14-29(15-13-28)24-18-7-3-4-10-21(18)32-27-24/h3-5,7-10H,6,11-17H2,1-2H3,(H,26,30). The predicted molar refractivity (Wildman–Crippen MR) is 131 cm³/mol. The van der Waals surface area contributed by atoms with Gasteiger partial charge < -0.3 is 15.0 Å². The summed E-state index contributed by atoms with van der Waals surface area (Å²) in [5, 5.41) is 4.28. The Morgan fingerprint density at radius 2 is 1.91 bits per heavy atom. The van der Waals surface area contributed by atoms with Crippen molar-refractivity contribution in [2.24, 2.45) is 0 Å². The average Bonchev–Trinajstić information content (AvgIpc) is 3.21. The molecule has 6 nitrogen and oxygen atoms in total. The summed E-state index contributed by atoms with van der Waals surface area (Å²) in [6.45, 7) is 9.96. The number of nitrogens with zero attached hydrogens (tertiary/aromatic N) is 3. The average molecular weight is 451 g/mol. The van der Waals surface area contributed by atoms with Crippen LogP contribution < -0.4 is 15.0 Å². The number of hydrogen-bond acceptors (Lipinski definition) is 6. The first-order valence-corrected chi connectivity index (χ1v) is 12.2. The van der Waals surface area contributed by atoms with Crippen molar-refractivity contribution >= 4 is 39.0 Å². The summed E-state index contributed by atoms with van der Waals surface area (Å²) < 4.78 is 12.1. The van der Waals surface area contributed by atoms with E-state index in [1.807, 2.05) is 12.1 Å². The second-order valence-corrected chi connectivity index (χ2v) is 10.1. The molecule has 0 radical (unpaired) electrons. The van der Waals surface area contributed by atoms with Crippen LogP contribution in [0.5, 0.6) is 5.75 Å². The van der Waals surface area contributed by atoms with E-state index in [0.29, 0.717) is 13.0 Å². The Kier molecular flexibility index (Phi) is 5.78. The van der Waals surface area contributed by atoms with E-state index in [-0.39, 0.29) is 11.3 Å². The van der Waals surface area contributed by atoms with E-state index in [9.17, 15) is 4.79 Å². The summed E-state index contributed by atoms with van der Waals surface area (Å²) in [7, 11) is 0. The van der Waals surface area contributed by atoms with Gasteiger partial charge in [0.05, 0.1) is 17.0 Å². The molecule has 7 heteroatoms. The molecule has 2 aliphatic rings. The molecule has 168 valence electrons. The van der Waals surface area contributed by atoms with E-state index in [0.717, 1.165) is 62.0 Å². The molecule has 3 heterocycles. The number of piperazine rings is 1. The van der Waals surface area contributed by atoms with E-state index in [2.05, 4.69) is 59.3 Å². The first-order chi connectivity index (χ1) is 15.5. The first kappa shape index (κ1) is 21.2. The number of benzene rings is 2. The van der Waals surface area contributed by atoms with Crippen LogP contribution >= 0.6 is 11.5 Å². The third-order valence-corrected chi connectivity index (χ3v) is 7.35. The fourth-order valence-corrected chi connectivity index (χ4v) is 5.57. The van der Waals surface area contributed by atoms with Crippen LogP contribution in [0.3, 0.4) is 0 Å². The zero-order valence-electron chi connectivity index (χ0n) is 18.8. The van der Waals surface area contributed by atoms with Crippen LogP contribution in [0.1, 0.15) is 32.3 Å². The molecule has 0 saturated carbocycles. The topological polar surface area (TPSA) is 57.7 Å². The molecule has 2 aromatic carbocycles. The monoisotopic (exact) mass is 450 g/mol. The Bertz CT molecular complexity index is 1120. The number of carbonyl (C=O) groups excluding carboxylic acids is 1. The van der Waals surface area contributed by atoms with E-state index in [1.54, 1.807) is 11.5 Å². The van der Waals surface area contributed by atoms with Crippen LogP contribution in [0.4, 0.5) is 11.5 Å². The molecule has 1 amide bonds. The first-order valence-electron chi connectivity index (χ1n) is 11.4. The lowest BCUT2D eigenvalue weighted by Gasteiger charge is -2.35. The molecule has 32 heavy (non-hydrogen) atoms. The highest BCUT2D eigenvalue weighted by Crippen LogP contribution is 2.42. The van der Waals surface area contributed by atoms with Gasteiger partial charge in [-0.25, -0.2) is 0 Å². The van der Waals surface area contributed by atoms with Crippen molar-refractivity contribution in [3.8, 4) is 5.75 Å². The number of hydrogen-bond donors (Lipinski definition) is 1. The van der Waals surface area contributed by atoms with Crippen molar-refractivity contribution in [2.75, 3.05) is 49.5 Å². The molecule has 0 aliphatic carbocycles. The van der Waals surface area contributed by atoms with Gasteiger partial charge in [0.25, 0.3) is 0 Å². The van der Waals surface area contributed by atoms with Gasteiger partial charge in [0, 0.05) is 49.9 Å². The van der Waals surface area contributed by atoms with E-state index in [4.69, 9.17) is 9.11 Å². The minimum absolute atomic E-state index is 0.0595. The molecule has 5 rings (SSSR count). The Balaban J connectivity index is 1.12. The molecule has 0 atom stereocenters. The van der Waals surface area contributed by atoms with Gasteiger partial charge in [-0.15, -0.1) is 0 Å². The Labute approximate surface area is 193 Å². The van der Waals surface area contributed by atoms with Crippen molar-refractivity contribution < 1.29 is 9.53 Å². The Morgan fingerprint density at radius 3 is 2.75 bits per heavy atom. The van der Waals surface area contributed by atoms with E-state index >= 15 is 0 Å². The lowest BCUT2D eigenvalue weighted by Crippen LogP contribution is -2.47. The third kappa shape index (κ3) is 4.19. The molecular formula is C25H30N4O2S. The number of nitrogens with one attached hydrogen (secondary N) is 1. The third-order valence-electron chi connectivity index (χ3n) is 6.53. The summed E-state index contributed by atoms with van der Waals surface area (Å²) in [5.74, 6) is 1.97. The van der Waals surface area contributed by atoms with Gasteiger partial charge in [-0.1, -0.05) is 38.1 Å². The van der Waals surface area contributed by atoms with Crippen LogP contribution in [0, 0.1) is 0 Å². The van der Waals surface area contributed by atoms with Crippen LogP contribution in [0.2, 0.25) is 0 Å². The lowest BCUT2D eigenvalue weighted by molar-refractivity contribution is -0.117. The summed E-state index contributed by atoms with van der Waals surface area (Å²) in [5.41, 5.74) is 1.83. The van der Waals surface area contributed by atoms with Crippen LogP contribution in [-0.4, -0.2) is 54.5 Å². The number of aromatic nitrogens is 1. The number of rotatable bonds is 6. The van der Waals surface area contributed by atoms with Crippen molar-refractivity contribution in [2.45, 2.75) is 32.1 Å². The maximum absolute atomic E-state index is 12.1. The van der Waals surface area contributed by atoms with Crippen LogP contribution in [0.25, 0.3) is 10.1 Å². The van der Waals surface area contributed by atoms with Gasteiger partial charge in [-0.05, 0) is 41.7 Å². The number of para-hydroxylation sites is 1. The second kappa shape index (κ2) is 8.71. The highest BCUT2D eigenvalue weighted by Gasteiger charge is 2.33. The molecule has 0 bridgehead atoms. The summed E-state index contributed by atoms with van der Waals surface area (Å²) >= 11 is 1.58. The van der Waals surface area contributed by atoms with E-state index in [1.165, 1.54) is 10.1 Å². The van der Waals surface area contributed by atoms with Crippen molar-refractivity contribution in [3.05, 3.63) is 48.0 Å². The molecule has 0 unspecified atom stereocenters. The molecule has 1 N–H and O–H groups in total. The molecule has 2 aliphatic heterocycles. The fourth-order valence-electron chi connectivity index (χ4n) is 4.78. The van der Waals surface area contributed by atoms with Gasteiger partial charge in [0.15, 0.2) is 0 Å². The minimum Gasteiger partial charge on any atom is -0.491 e. The molecule has 0 spiro atoms. The zero-order chi connectivity index (χ0) is 22.1. The second-order valence-electron chi connectivity index (χ2n) is 9.32. The van der Waals surface area contributed by atoms with Gasteiger partial charge in [0.1, 0.15) is 11.6 Å². The van der Waals surface area contributed by atoms with Gasteiger partial charge in [-0.2, -0.15) is 4.37 Å². The zero-order valence-corrected chi connectivity index (χ0v) is 19.6. The quantitative estimate of drug-likeness (QED) is 0.560. The summed E-state index contributed by atoms with van der Waals surface area (Å²) in [4.78, 5) is 17.0. The largest absolute Gasteiger partial charge is 0.491 e. The molecular weight excluding hydrogens is 420 g/mol. The molecule has 1 aromatic heterocycles. The SMILES string of the molecule is CC1(C)CC(=O)Nc2c(OCCCN3CCN(c4nsc5ccccc45)CC3)cccc21. The number of ether oxygens (including phenoxy) is 1. The lowest BCUT2D eigenvalue weighted by atomic mass is 9.78. The molecule has 1 saturated heterocycles. The number of fused-ring (bicyclic) bond motifs is 2. The highest BCUT2D eigenvalue weighted by molar-refractivity contribution is 7.13. The van der Waals surface area contributed by atoms with Crippen molar-refractivity contribution in [1.82, 2.24) is 9.27 Å². The fraction of sp³-hybridized carbons (Fsp3) is 0.440. The Hall–Kier alpha value is -2.64. The molecule has 3 aromatic rings. The smallest absolute Gasteiger partial charge is 0.225 e. The minimum atomic E-state index is -0.167. The van der Waals surface area contributed by atoms with E-state index < -0.39 is 0 Å². The summed E-state index contributed by atoms with van der Waals surface area (Å²) in [6, 6.07) is 14.5. The number of amides is 1. The van der Waals surface area contributed by atoms with Crippen molar-refractivity contribution in [1.29, 1.82) is 0 Å². The summed E-state index contributed by atoms with van der Waals surface area (Å²) in [6.07, 6.45) is 1.47. The van der Waals surface area contributed by atoms with Gasteiger partial charge in [0.2, 0.25) is 5.91 Å². The van der Waals surface area contributed by atoms with Crippen LogP contribution in [0.15, 0.2) is 42.5 Å². The van der Waals surface area contributed by atoms with Gasteiger partial charge in [-0.3, -0.25) is 9.69 Å². The van der Waals surface area contributed by atoms with Crippen LogP contribution in [-0.2, 0) is 10.2 Å². The highest BCUT2D eigenvalue weighted by atomic mass is 32.1. The maximum Gasteiger partial charge on any atom is 0.225 e. The predicted octanol–water partition coefficient (Wildman–Crippen LogP) is 4.51. The van der Waals surface area contributed by atoms with Crippen molar-refractivity contribution in [3.63, 3.8) is 0 Å². The van der Waals surface area contributed by atoms with Gasteiger partial charge >= 0.3 is 0 Å². The number of anilines is 2. The maximum atomic E-state index is 12.1. The number of carbonyl (C=O) groups is 1. The Morgan fingerprint density at radius 1 is 1.09 bits per heavy atom.